The minimum absolute atomic E-state index is 0.00772. The van der Waals surface area contributed by atoms with Crippen LogP contribution in [0.25, 0.3) is 0 Å². The summed E-state index contributed by atoms with van der Waals surface area (Å²) >= 11 is 0. The largest absolute Gasteiger partial charge is 0.493 e. The molecule has 1 aliphatic rings. The van der Waals surface area contributed by atoms with Crippen LogP contribution in [-0.2, 0) is 10.3 Å². The highest BCUT2D eigenvalue weighted by Gasteiger charge is 2.41. The Hall–Kier alpha value is -3.23. The number of pyridine rings is 1. The average molecular weight is 378 g/mol. The molecule has 0 bridgehead atoms. The van der Waals surface area contributed by atoms with Gasteiger partial charge < -0.3 is 20.5 Å². The van der Waals surface area contributed by atoms with E-state index in [2.05, 4.69) is 15.3 Å². The van der Waals surface area contributed by atoms with Gasteiger partial charge in [-0.05, 0) is 37.3 Å². The monoisotopic (exact) mass is 378 g/mol. The zero-order valence-corrected chi connectivity index (χ0v) is 14.6. The lowest BCUT2D eigenvalue weighted by atomic mass is 9.89. The quantitative estimate of drug-likeness (QED) is 0.848. The van der Waals surface area contributed by atoms with E-state index in [1.807, 2.05) is 0 Å². The van der Waals surface area contributed by atoms with Gasteiger partial charge in [-0.25, -0.2) is 14.4 Å². The van der Waals surface area contributed by atoms with Crippen LogP contribution in [-0.4, -0.2) is 24.5 Å². The number of ether oxygens (including phenoxy) is 2. The summed E-state index contributed by atoms with van der Waals surface area (Å²) in [5, 5.41) is 2.98. The number of methoxy groups -OCH3 is 1. The second-order valence-electron chi connectivity index (χ2n) is 5.93. The number of nitrogens with two attached hydrogens (primary N) is 1. The molecule has 1 aliphatic heterocycles. The Morgan fingerprint density at radius 3 is 2.81 bits per heavy atom. The van der Waals surface area contributed by atoms with Crippen molar-refractivity contribution in [3.8, 4) is 5.75 Å². The number of aliphatic imine (C=N–C) groups is 1. The molecule has 3 N–H and O–H groups in total. The molecule has 27 heavy (non-hydrogen) atoms. The van der Waals surface area contributed by atoms with Gasteiger partial charge in [-0.2, -0.15) is 8.78 Å². The summed E-state index contributed by atoms with van der Waals surface area (Å²) in [7, 11) is 1.48. The van der Waals surface area contributed by atoms with Crippen molar-refractivity contribution in [3.05, 3.63) is 59.7 Å². The van der Waals surface area contributed by atoms with Gasteiger partial charge in [0, 0.05) is 17.4 Å². The fourth-order valence-electron chi connectivity index (χ4n) is 2.84. The highest BCUT2D eigenvalue weighted by atomic mass is 19.3. The molecular formula is C18H17F3N4O2. The number of nitrogens with zero attached hydrogens (tertiary/aromatic N) is 2. The highest BCUT2D eigenvalue weighted by molar-refractivity contribution is 5.83. The lowest BCUT2D eigenvalue weighted by molar-refractivity contribution is 0.158. The van der Waals surface area contributed by atoms with E-state index in [0.717, 1.165) is 6.07 Å². The Morgan fingerprint density at radius 1 is 1.33 bits per heavy atom. The Bertz CT molecular complexity index is 929. The molecule has 2 heterocycles. The number of aromatic nitrogens is 1. The van der Waals surface area contributed by atoms with Crippen LogP contribution in [0.4, 0.5) is 24.7 Å². The normalized spacial score (nSPS) is 19.1. The lowest BCUT2D eigenvalue weighted by Gasteiger charge is -2.32. The Kier molecular flexibility index (Phi) is 4.93. The van der Waals surface area contributed by atoms with Crippen molar-refractivity contribution in [1.82, 2.24) is 4.98 Å². The van der Waals surface area contributed by atoms with Crippen LogP contribution in [0.15, 0.2) is 53.4 Å². The molecular weight excluding hydrogens is 361 g/mol. The third-order valence-corrected chi connectivity index (χ3v) is 4.09. The number of rotatable bonds is 4. The first-order valence-corrected chi connectivity index (χ1v) is 7.94. The molecule has 9 heteroatoms. The minimum Gasteiger partial charge on any atom is -0.493 e. The van der Waals surface area contributed by atoms with Crippen molar-refractivity contribution in [2.24, 2.45) is 10.7 Å². The molecule has 0 radical (unpaired) electrons. The van der Waals surface area contributed by atoms with E-state index in [-0.39, 0.29) is 18.0 Å². The van der Waals surface area contributed by atoms with Gasteiger partial charge in [0.05, 0.1) is 7.11 Å². The standard InChI is InChI=1S/C18H17F3N4O2/c1-18(15(16(20)21)27-9-14(22)25-18)11-8-10(5-6-12(11)19)24-17-13(26-2)4-3-7-23-17/h3-8H,9H2,1-2H3,(H2,22,25)(H,23,24)/t18-/m1/s1. The molecule has 142 valence electrons. The lowest BCUT2D eigenvalue weighted by Crippen LogP contribution is -2.37. The van der Waals surface area contributed by atoms with Gasteiger partial charge in [-0.1, -0.05) is 0 Å². The van der Waals surface area contributed by atoms with Crippen LogP contribution in [0.1, 0.15) is 12.5 Å². The van der Waals surface area contributed by atoms with Crippen LogP contribution >= 0.6 is 0 Å². The Morgan fingerprint density at radius 2 is 2.11 bits per heavy atom. The number of hydrogen-bond acceptors (Lipinski definition) is 6. The van der Waals surface area contributed by atoms with E-state index in [0.29, 0.717) is 17.3 Å². The van der Waals surface area contributed by atoms with Crippen LogP contribution in [0.5, 0.6) is 5.75 Å². The first-order valence-electron chi connectivity index (χ1n) is 7.94. The summed E-state index contributed by atoms with van der Waals surface area (Å²) in [5.41, 5.74) is 4.15. The Balaban J connectivity index is 2.08. The number of benzene rings is 1. The maximum atomic E-state index is 14.5. The van der Waals surface area contributed by atoms with Crippen LogP contribution in [0.2, 0.25) is 0 Å². The van der Waals surface area contributed by atoms with Gasteiger partial charge in [0.25, 0.3) is 0 Å². The molecule has 3 rings (SSSR count). The summed E-state index contributed by atoms with van der Waals surface area (Å²) < 4.78 is 51.6. The average Bonchev–Trinajstić information content (AvgIpc) is 2.63. The number of amidine groups is 1. The summed E-state index contributed by atoms with van der Waals surface area (Å²) in [6.07, 6.45) is -0.534. The van der Waals surface area contributed by atoms with Gasteiger partial charge in [0.1, 0.15) is 18.3 Å². The minimum atomic E-state index is -2.09. The smallest absolute Gasteiger partial charge is 0.310 e. The second kappa shape index (κ2) is 7.18. The first kappa shape index (κ1) is 18.6. The van der Waals surface area contributed by atoms with Gasteiger partial charge in [0.15, 0.2) is 22.9 Å². The maximum absolute atomic E-state index is 14.5. The molecule has 0 saturated carbocycles. The van der Waals surface area contributed by atoms with E-state index < -0.39 is 23.2 Å². The van der Waals surface area contributed by atoms with Crippen molar-refractivity contribution in [3.63, 3.8) is 0 Å². The summed E-state index contributed by atoms with van der Waals surface area (Å²) in [6, 6.07) is 7.34. The number of nitrogens with one attached hydrogen (secondary N) is 1. The van der Waals surface area contributed by atoms with E-state index in [4.69, 9.17) is 15.2 Å². The van der Waals surface area contributed by atoms with Gasteiger partial charge in [-0.3, -0.25) is 0 Å². The molecule has 0 spiro atoms. The predicted octanol–water partition coefficient (Wildman–Crippen LogP) is 3.68. The van der Waals surface area contributed by atoms with E-state index in [1.54, 1.807) is 18.3 Å². The van der Waals surface area contributed by atoms with Gasteiger partial charge >= 0.3 is 6.08 Å². The molecule has 1 aromatic carbocycles. The topological polar surface area (TPSA) is 81.8 Å². The van der Waals surface area contributed by atoms with Crippen molar-refractivity contribution >= 4 is 17.3 Å². The molecule has 6 nitrogen and oxygen atoms in total. The fourth-order valence-corrected chi connectivity index (χ4v) is 2.84. The second-order valence-corrected chi connectivity index (χ2v) is 5.93. The Labute approximate surface area is 153 Å². The zero-order valence-electron chi connectivity index (χ0n) is 14.6. The summed E-state index contributed by atoms with van der Waals surface area (Å²) in [5.74, 6) is -0.613. The molecule has 2 aromatic rings. The molecule has 0 amide bonds. The van der Waals surface area contributed by atoms with Gasteiger partial charge in [0.2, 0.25) is 0 Å². The number of hydrogen-bond donors (Lipinski definition) is 2. The van der Waals surface area contributed by atoms with E-state index in [9.17, 15) is 13.2 Å². The zero-order chi connectivity index (χ0) is 19.6. The molecule has 1 atom stereocenters. The van der Waals surface area contributed by atoms with Crippen molar-refractivity contribution in [2.75, 3.05) is 19.0 Å². The predicted molar refractivity (Wildman–Crippen MR) is 94.6 cm³/mol. The fraction of sp³-hybridized carbons (Fsp3) is 0.222. The summed E-state index contributed by atoms with van der Waals surface area (Å²) in [4.78, 5) is 8.20. The van der Waals surface area contributed by atoms with Crippen molar-refractivity contribution < 1.29 is 22.6 Å². The van der Waals surface area contributed by atoms with Crippen LogP contribution < -0.4 is 15.8 Å². The van der Waals surface area contributed by atoms with E-state index in [1.165, 1.54) is 26.2 Å². The maximum Gasteiger partial charge on any atom is 0.310 e. The molecule has 1 aromatic heterocycles. The van der Waals surface area contributed by atoms with E-state index >= 15 is 0 Å². The number of anilines is 2. The van der Waals surface area contributed by atoms with Gasteiger partial charge in [-0.15, -0.1) is 0 Å². The highest BCUT2D eigenvalue weighted by Crippen LogP contribution is 2.41. The first-order chi connectivity index (χ1) is 12.8. The molecule has 0 saturated heterocycles. The van der Waals surface area contributed by atoms with Crippen LogP contribution in [0, 0.1) is 5.82 Å². The third kappa shape index (κ3) is 3.53. The van der Waals surface area contributed by atoms with Crippen molar-refractivity contribution in [1.29, 1.82) is 0 Å². The third-order valence-electron chi connectivity index (χ3n) is 4.09. The molecule has 0 unspecified atom stereocenters. The molecule has 0 fully saturated rings. The van der Waals surface area contributed by atoms with Crippen molar-refractivity contribution in [2.45, 2.75) is 12.5 Å². The molecule has 0 aliphatic carbocycles. The SMILES string of the molecule is COc1cccnc1Nc1ccc(F)c([C@@]2(C)N=C(N)COC2=C(F)F)c1. The summed E-state index contributed by atoms with van der Waals surface area (Å²) in [6.45, 7) is 1.03. The van der Waals surface area contributed by atoms with Crippen LogP contribution in [0.3, 0.4) is 0 Å². The number of halogens is 3.